The molecule has 0 amide bonds. The van der Waals surface area contributed by atoms with Crippen molar-refractivity contribution in [1.82, 2.24) is 0 Å². The van der Waals surface area contributed by atoms with Crippen LogP contribution in [0.2, 0.25) is 0 Å². The Balaban J connectivity index is 0. The molecule has 0 fully saturated rings. The minimum absolute atomic E-state index is 0.584. The molecule has 0 heterocycles. The smallest absolute Gasteiger partial charge is 0.0222 e. The number of allylic oxidation sites excluding steroid dienone is 3. The van der Waals surface area contributed by atoms with Crippen molar-refractivity contribution in [2.75, 3.05) is 0 Å². The summed E-state index contributed by atoms with van der Waals surface area (Å²) in [6.07, 6.45) is 3.35. The molecule has 0 radical (unpaired) electrons. The zero-order chi connectivity index (χ0) is 10.1. The Morgan fingerprint density at radius 1 is 1.33 bits per heavy atom. The minimum Gasteiger partial charge on any atom is -0.0953 e. The molecule has 0 aromatic carbocycles. The maximum absolute atomic E-state index is 3.96. The fraction of sp³-hybridized carbons (Fsp3) is 0.667. The van der Waals surface area contributed by atoms with E-state index in [1.807, 2.05) is 6.92 Å². The van der Waals surface area contributed by atoms with E-state index in [-0.39, 0.29) is 0 Å². The third-order valence-corrected chi connectivity index (χ3v) is 1.64. The van der Waals surface area contributed by atoms with Gasteiger partial charge in [-0.1, -0.05) is 57.9 Å². The van der Waals surface area contributed by atoms with Gasteiger partial charge in [0.05, 0.1) is 0 Å². The molecule has 0 spiro atoms. The molecule has 0 aliphatic carbocycles. The van der Waals surface area contributed by atoms with Gasteiger partial charge in [0, 0.05) is 0 Å². The van der Waals surface area contributed by atoms with Gasteiger partial charge in [0.1, 0.15) is 0 Å². The van der Waals surface area contributed by atoms with Crippen LogP contribution in [-0.2, 0) is 0 Å². The Kier molecular flexibility index (Phi) is 10.0. The summed E-state index contributed by atoms with van der Waals surface area (Å²) in [6, 6.07) is 0. The first-order chi connectivity index (χ1) is 5.51. The van der Waals surface area contributed by atoms with Crippen LogP contribution in [0.25, 0.3) is 0 Å². The first-order valence-electron chi connectivity index (χ1n) is 4.83. The van der Waals surface area contributed by atoms with Crippen molar-refractivity contribution >= 4 is 0 Å². The van der Waals surface area contributed by atoms with Crippen molar-refractivity contribution in [3.63, 3.8) is 0 Å². The van der Waals surface area contributed by atoms with E-state index >= 15 is 0 Å². The largest absolute Gasteiger partial charge is 0.0953 e. The Labute approximate surface area is 78.4 Å². The lowest BCUT2D eigenvalue weighted by atomic mass is 9.98. The van der Waals surface area contributed by atoms with Gasteiger partial charge in [-0.2, -0.15) is 0 Å². The predicted molar refractivity (Wildman–Crippen MR) is 59.4 cm³/mol. The highest BCUT2D eigenvalue weighted by Crippen LogP contribution is 2.15. The van der Waals surface area contributed by atoms with Gasteiger partial charge < -0.3 is 0 Å². The molecule has 0 aliphatic rings. The second kappa shape index (κ2) is 8.58. The Bertz CT molecular complexity index is 138. The quantitative estimate of drug-likeness (QED) is 0.529. The first-order valence-corrected chi connectivity index (χ1v) is 4.83. The molecular weight excluding hydrogens is 144 g/mol. The van der Waals surface area contributed by atoms with E-state index in [9.17, 15) is 0 Å². The maximum atomic E-state index is 3.96. The van der Waals surface area contributed by atoms with Gasteiger partial charge in [0.25, 0.3) is 0 Å². The average molecular weight is 168 g/mol. The van der Waals surface area contributed by atoms with E-state index in [0.29, 0.717) is 5.92 Å². The fourth-order valence-electron chi connectivity index (χ4n) is 0.641. The summed E-state index contributed by atoms with van der Waals surface area (Å²) in [5, 5.41) is 0. The average Bonchev–Trinajstić information content (AvgIpc) is 2.03. The fourth-order valence-corrected chi connectivity index (χ4v) is 0.641. The van der Waals surface area contributed by atoms with Gasteiger partial charge in [-0.05, 0) is 19.8 Å². The van der Waals surface area contributed by atoms with Crippen LogP contribution in [0.1, 0.15) is 48.0 Å². The van der Waals surface area contributed by atoms with Gasteiger partial charge in [-0.3, -0.25) is 0 Å². The summed E-state index contributed by atoms with van der Waals surface area (Å²) in [5.74, 6) is 0.584. The monoisotopic (exact) mass is 168 g/mol. The van der Waals surface area contributed by atoms with E-state index in [1.54, 1.807) is 0 Å². The summed E-state index contributed by atoms with van der Waals surface area (Å²) in [6.45, 7) is 16.7. The van der Waals surface area contributed by atoms with E-state index < -0.39 is 0 Å². The van der Waals surface area contributed by atoms with Crippen molar-refractivity contribution < 1.29 is 0 Å². The highest BCUT2D eigenvalue weighted by atomic mass is 14.0. The SMILES string of the molecule is C=C(/C(C)=C\C)C(C)C.CCC. The van der Waals surface area contributed by atoms with Crippen LogP contribution in [0.5, 0.6) is 0 Å². The molecular formula is C12H24. The highest BCUT2D eigenvalue weighted by molar-refractivity contribution is 5.26. The normalized spacial score (nSPS) is 10.8. The van der Waals surface area contributed by atoms with Crippen molar-refractivity contribution in [2.45, 2.75) is 48.0 Å². The lowest BCUT2D eigenvalue weighted by molar-refractivity contribution is 0.781. The van der Waals surface area contributed by atoms with Crippen LogP contribution in [0.4, 0.5) is 0 Å². The molecule has 0 N–H and O–H groups in total. The van der Waals surface area contributed by atoms with E-state index in [2.05, 4.69) is 47.3 Å². The molecule has 0 saturated carbocycles. The van der Waals surface area contributed by atoms with Crippen LogP contribution in [0.15, 0.2) is 23.8 Å². The van der Waals surface area contributed by atoms with Crippen molar-refractivity contribution in [3.8, 4) is 0 Å². The molecule has 0 atom stereocenters. The number of rotatable bonds is 2. The van der Waals surface area contributed by atoms with Gasteiger partial charge in [0.2, 0.25) is 0 Å². The molecule has 0 aromatic heterocycles. The molecule has 72 valence electrons. The summed E-state index contributed by atoms with van der Waals surface area (Å²) in [7, 11) is 0. The molecule has 0 saturated heterocycles. The highest BCUT2D eigenvalue weighted by Gasteiger charge is 1.99. The topological polar surface area (TPSA) is 0 Å². The van der Waals surface area contributed by atoms with Crippen LogP contribution in [0.3, 0.4) is 0 Å². The summed E-state index contributed by atoms with van der Waals surface area (Å²) in [5.41, 5.74) is 2.56. The molecule has 12 heavy (non-hydrogen) atoms. The first kappa shape index (κ1) is 14.0. The lowest BCUT2D eigenvalue weighted by Gasteiger charge is -2.08. The van der Waals surface area contributed by atoms with Gasteiger partial charge in [-0.15, -0.1) is 0 Å². The lowest BCUT2D eigenvalue weighted by Crippen LogP contribution is -1.92. The predicted octanol–water partition coefficient (Wildman–Crippen LogP) is 4.58. The second-order valence-corrected chi connectivity index (χ2v) is 3.36. The van der Waals surface area contributed by atoms with E-state index in [4.69, 9.17) is 0 Å². The van der Waals surface area contributed by atoms with Crippen molar-refractivity contribution in [1.29, 1.82) is 0 Å². The Hall–Kier alpha value is -0.520. The standard InChI is InChI=1S/C9H16.C3H8/c1-6-8(4)9(5)7(2)3;1-3-2/h6-7H,5H2,1-4H3;3H2,1-2H3/b8-6-;. The third-order valence-electron chi connectivity index (χ3n) is 1.64. The van der Waals surface area contributed by atoms with Crippen LogP contribution >= 0.6 is 0 Å². The van der Waals surface area contributed by atoms with Crippen molar-refractivity contribution in [2.24, 2.45) is 5.92 Å². The van der Waals surface area contributed by atoms with Crippen molar-refractivity contribution in [3.05, 3.63) is 23.8 Å². The van der Waals surface area contributed by atoms with Gasteiger partial charge in [0.15, 0.2) is 0 Å². The van der Waals surface area contributed by atoms with Crippen LogP contribution in [0, 0.1) is 5.92 Å². The zero-order valence-corrected chi connectivity index (χ0v) is 9.57. The summed E-state index contributed by atoms with van der Waals surface area (Å²) >= 11 is 0. The number of hydrogen-bond acceptors (Lipinski definition) is 0. The molecule has 0 nitrogen and oxygen atoms in total. The van der Waals surface area contributed by atoms with E-state index in [0.717, 1.165) is 0 Å². The second-order valence-electron chi connectivity index (χ2n) is 3.36. The number of hydrogen-bond donors (Lipinski definition) is 0. The summed E-state index contributed by atoms with van der Waals surface area (Å²) < 4.78 is 0. The third kappa shape index (κ3) is 7.59. The Morgan fingerprint density at radius 3 is 1.75 bits per heavy atom. The van der Waals surface area contributed by atoms with E-state index in [1.165, 1.54) is 17.6 Å². The zero-order valence-electron chi connectivity index (χ0n) is 9.57. The van der Waals surface area contributed by atoms with Gasteiger partial charge in [-0.25, -0.2) is 0 Å². The van der Waals surface area contributed by atoms with Crippen LogP contribution in [-0.4, -0.2) is 0 Å². The molecule has 0 aromatic rings. The summed E-state index contributed by atoms with van der Waals surface area (Å²) in [4.78, 5) is 0. The molecule has 0 heteroatoms. The molecule has 0 bridgehead atoms. The minimum atomic E-state index is 0.584. The molecule has 0 aliphatic heterocycles. The Morgan fingerprint density at radius 2 is 1.67 bits per heavy atom. The molecule has 0 rings (SSSR count). The molecule has 0 unspecified atom stereocenters. The van der Waals surface area contributed by atoms with Crippen LogP contribution < -0.4 is 0 Å². The van der Waals surface area contributed by atoms with Gasteiger partial charge >= 0.3 is 0 Å². The maximum Gasteiger partial charge on any atom is -0.0222 e.